The van der Waals surface area contributed by atoms with Gasteiger partial charge in [-0.3, -0.25) is 9.11 Å². The van der Waals surface area contributed by atoms with Crippen LogP contribution in [0.25, 0.3) is 0 Å². The standard InChI is InChI=1S/C3H8O6S2.K.H/c1-3(2,10(4,5)6)11(7,8)9;;/h1-2H3,(H,4,5,6)(H,7,8,9);;. The van der Waals surface area contributed by atoms with Crippen molar-refractivity contribution in [2.24, 2.45) is 0 Å². The summed E-state index contributed by atoms with van der Waals surface area (Å²) in [5, 5.41) is 0. The summed E-state index contributed by atoms with van der Waals surface area (Å²) < 4.78 is 55.3. The fourth-order valence-electron chi connectivity index (χ4n) is 0.133. The molecule has 12 heavy (non-hydrogen) atoms. The molecule has 2 N–H and O–H groups in total. The van der Waals surface area contributed by atoms with Gasteiger partial charge in [-0.05, 0) is 13.8 Å². The van der Waals surface area contributed by atoms with E-state index in [2.05, 4.69) is 0 Å². The van der Waals surface area contributed by atoms with Crippen molar-refractivity contribution in [2.45, 2.75) is 17.9 Å². The number of rotatable bonds is 2. The maximum absolute atomic E-state index is 10.3. The van der Waals surface area contributed by atoms with Crippen LogP contribution < -0.4 is 0 Å². The Morgan fingerprint density at radius 1 is 0.917 bits per heavy atom. The zero-order valence-corrected chi connectivity index (χ0v) is 7.48. The molecule has 0 aliphatic carbocycles. The minimum absolute atomic E-state index is 0. The fourth-order valence-corrected chi connectivity index (χ4v) is 1.20. The zero-order valence-electron chi connectivity index (χ0n) is 5.84. The van der Waals surface area contributed by atoms with Crippen LogP contribution in [0, 0.1) is 0 Å². The first-order chi connectivity index (χ1) is 4.50. The molecule has 9 heteroatoms. The van der Waals surface area contributed by atoms with Crippen molar-refractivity contribution in [1.29, 1.82) is 0 Å². The van der Waals surface area contributed by atoms with Gasteiger partial charge in [-0.25, -0.2) is 0 Å². The van der Waals surface area contributed by atoms with Crippen LogP contribution in [-0.4, -0.2) is 81.4 Å². The van der Waals surface area contributed by atoms with Crippen molar-refractivity contribution in [3.05, 3.63) is 0 Å². The summed E-state index contributed by atoms with van der Waals surface area (Å²) in [5.74, 6) is 0. The van der Waals surface area contributed by atoms with Crippen LogP contribution in [0.1, 0.15) is 13.8 Å². The normalized spacial score (nSPS) is 13.7. The fraction of sp³-hybridized carbons (Fsp3) is 1.00. The molecule has 0 spiro atoms. The Hall–Kier alpha value is 1.46. The summed E-state index contributed by atoms with van der Waals surface area (Å²) in [6, 6.07) is 0. The molecule has 0 aromatic carbocycles. The van der Waals surface area contributed by atoms with Crippen molar-refractivity contribution in [2.75, 3.05) is 0 Å². The van der Waals surface area contributed by atoms with Crippen molar-refractivity contribution in [1.82, 2.24) is 0 Å². The molecule has 0 fully saturated rings. The third-order valence-electron chi connectivity index (χ3n) is 1.24. The van der Waals surface area contributed by atoms with Crippen LogP contribution in [0.5, 0.6) is 0 Å². The second-order valence-corrected chi connectivity index (χ2v) is 6.55. The van der Waals surface area contributed by atoms with Crippen LogP contribution in [0.15, 0.2) is 0 Å². The molecular weight excluding hydrogens is 235 g/mol. The summed E-state index contributed by atoms with van der Waals surface area (Å²) in [5.41, 5.74) is 0. The quantitative estimate of drug-likeness (QED) is 0.469. The van der Waals surface area contributed by atoms with Gasteiger partial charge in [-0.1, -0.05) is 0 Å². The van der Waals surface area contributed by atoms with Gasteiger partial charge in [0, 0.05) is 0 Å². The molecule has 0 aromatic heterocycles. The predicted octanol–water partition coefficient (Wildman–Crippen LogP) is -1.15. The summed E-state index contributed by atoms with van der Waals surface area (Å²) in [4.78, 5) is 0. The molecule has 0 bridgehead atoms. The molecular formula is C3H9KO6S2. The van der Waals surface area contributed by atoms with E-state index in [4.69, 9.17) is 9.11 Å². The van der Waals surface area contributed by atoms with E-state index >= 15 is 0 Å². The van der Waals surface area contributed by atoms with Crippen LogP contribution in [0.2, 0.25) is 0 Å². The first kappa shape index (κ1) is 15.9. The van der Waals surface area contributed by atoms with E-state index in [1.807, 2.05) is 0 Å². The van der Waals surface area contributed by atoms with Gasteiger partial charge >= 0.3 is 51.4 Å². The Balaban J connectivity index is 0. The van der Waals surface area contributed by atoms with Gasteiger partial charge in [0.15, 0.2) is 0 Å². The van der Waals surface area contributed by atoms with Crippen LogP contribution in [-0.2, 0) is 20.2 Å². The van der Waals surface area contributed by atoms with E-state index in [0.717, 1.165) is 0 Å². The molecule has 0 heterocycles. The van der Waals surface area contributed by atoms with Crippen LogP contribution in [0.3, 0.4) is 0 Å². The molecule has 0 aromatic rings. The van der Waals surface area contributed by atoms with Gasteiger partial charge < -0.3 is 0 Å². The molecule has 6 nitrogen and oxygen atoms in total. The second kappa shape index (κ2) is 4.32. The molecule has 0 saturated heterocycles. The SMILES string of the molecule is CC(C)(S(=O)(=O)O)S(=O)(=O)O.[KH]. The van der Waals surface area contributed by atoms with Crippen molar-refractivity contribution >= 4 is 71.6 Å². The molecule has 0 aliphatic heterocycles. The Bertz CT molecular complexity index is 303. The topological polar surface area (TPSA) is 109 Å². The first-order valence-electron chi connectivity index (χ1n) is 2.44. The van der Waals surface area contributed by atoms with Crippen LogP contribution >= 0.6 is 0 Å². The summed E-state index contributed by atoms with van der Waals surface area (Å²) in [7, 11) is -9.60. The molecule has 70 valence electrons. The van der Waals surface area contributed by atoms with Gasteiger partial charge in [0.2, 0.25) is 4.08 Å². The molecule has 0 rings (SSSR count). The van der Waals surface area contributed by atoms with E-state index in [-0.39, 0.29) is 51.4 Å². The van der Waals surface area contributed by atoms with Crippen molar-refractivity contribution < 1.29 is 25.9 Å². The molecule has 0 radical (unpaired) electrons. The van der Waals surface area contributed by atoms with Gasteiger partial charge in [0.25, 0.3) is 20.2 Å². The number of hydrogen-bond acceptors (Lipinski definition) is 4. The first-order valence-corrected chi connectivity index (χ1v) is 5.32. The van der Waals surface area contributed by atoms with Gasteiger partial charge in [-0.2, -0.15) is 16.8 Å². The Morgan fingerprint density at radius 3 is 1.08 bits per heavy atom. The third kappa shape index (κ3) is 3.31. The molecule has 0 aliphatic rings. The molecule has 0 amide bonds. The second-order valence-electron chi connectivity index (χ2n) is 2.35. The minimum atomic E-state index is -4.80. The van der Waals surface area contributed by atoms with Gasteiger partial charge in [0.05, 0.1) is 0 Å². The average molecular weight is 244 g/mol. The third-order valence-corrected chi connectivity index (χ3v) is 4.99. The van der Waals surface area contributed by atoms with E-state index in [0.29, 0.717) is 13.8 Å². The monoisotopic (exact) mass is 244 g/mol. The Kier molecular flexibility index (Phi) is 5.73. The van der Waals surface area contributed by atoms with E-state index in [9.17, 15) is 16.8 Å². The van der Waals surface area contributed by atoms with E-state index < -0.39 is 24.3 Å². The number of hydrogen-bond donors (Lipinski definition) is 2. The van der Waals surface area contributed by atoms with Crippen molar-refractivity contribution in [3.63, 3.8) is 0 Å². The van der Waals surface area contributed by atoms with E-state index in [1.54, 1.807) is 0 Å². The summed E-state index contributed by atoms with van der Waals surface area (Å²) >= 11 is 0. The Morgan fingerprint density at radius 2 is 1.08 bits per heavy atom. The summed E-state index contributed by atoms with van der Waals surface area (Å²) in [6.07, 6.45) is 0. The maximum atomic E-state index is 10.3. The molecule has 0 saturated carbocycles. The van der Waals surface area contributed by atoms with E-state index in [1.165, 1.54) is 0 Å². The molecule has 0 atom stereocenters. The molecule has 0 unspecified atom stereocenters. The zero-order chi connectivity index (χ0) is 9.50. The van der Waals surface area contributed by atoms with Gasteiger partial charge in [-0.15, -0.1) is 0 Å². The summed E-state index contributed by atoms with van der Waals surface area (Å²) in [6.45, 7) is 1.36. The average Bonchev–Trinajstić information content (AvgIpc) is 1.58. The van der Waals surface area contributed by atoms with Crippen molar-refractivity contribution in [3.8, 4) is 0 Å². The Labute approximate surface area is 114 Å². The van der Waals surface area contributed by atoms with Crippen LogP contribution in [0.4, 0.5) is 0 Å². The predicted molar refractivity (Wildman–Crippen MR) is 44.3 cm³/mol. The van der Waals surface area contributed by atoms with Gasteiger partial charge in [0.1, 0.15) is 0 Å².